The van der Waals surface area contributed by atoms with Crippen molar-refractivity contribution < 1.29 is 0 Å². The van der Waals surface area contributed by atoms with E-state index in [1.54, 1.807) is 0 Å². The molecule has 11 heavy (non-hydrogen) atoms. The Morgan fingerprint density at radius 1 is 1.27 bits per heavy atom. The van der Waals surface area contributed by atoms with Crippen molar-refractivity contribution in [2.24, 2.45) is 0 Å². The molecule has 4 heteroatoms. The Kier molecular flexibility index (Phi) is 2.02. The molecule has 3 nitrogen and oxygen atoms in total. The number of rotatable bonds is 0. The Bertz CT molecular complexity index is 240. The monoisotopic (exact) mass is 171 g/mol. The lowest BCUT2D eigenvalue weighted by atomic mass is 10.1. The van der Waals surface area contributed by atoms with Crippen LogP contribution >= 0.6 is 9.24 Å². The highest BCUT2D eigenvalue weighted by Gasteiger charge is 2.18. The maximum Gasteiger partial charge on any atom is 0.149 e. The van der Waals surface area contributed by atoms with E-state index in [0.29, 0.717) is 0 Å². The molecular weight excluding hydrogens is 157 g/mol. The van der Waals surface area contributed by atoms with Crippen LogP contribution in [0.1, 0.15) is 26.6 Å². The molecule has 0 bridgehead atoms. The molecule has 0 saturated heterocycles. The van der Waals surface area contributed by atoms with Crippen LogP contribution in [0.2, 0.25) is 0 Å². The van der Waals surface area contributed by atoms with Crippen LogP contribution in [0.3, 0.4) is 0 Å². The van der Waals surface area contributed by atoms with Gasteiger partial charge in [0.15, 0.2) is 0 Å². The van der Waals surface area contributed by atoms with E-state index in [-0.39, 0.29) is 5.54 Å². The fraction of sp³-hybridized carbons (Fsp3) is 0.714. The minimum absolute atomic E-state index is 0.0741. The minimum Gasteiger partial charge on any atom is -0.307 e. The largest absolute Gasteiger partial charge is 0.307 e. The molecule has 1 atom stereocenters. The van der Waals surface area contributed by atoms with Crippen LogP contribution in [0.4, 0.5) is 0 Å². The molecule has 0 amide bonds. The first kappa shape index (κ1) is 8.66. The summed E-state index contributed by atoms with van der Waals surface area (Å²) in [5.41, 5.74) is 0.972. The summed E-state index contributed by atoms with van der Waals surface area (Å²) in [5.74, 6) is 0.961. The second kappa shape index (κ2) is 2.56. The maximum atomic E-state index is 3.97. The summed E-state index contributed by atoms with van der Waals surface area (Å²) in [6.07, 6.45) is 0. The van der Waals surface area contributed by atoms with Crippen LogP contribution in [-0.4, -0.2) is 14.8 Å². The van der Waals surface area contributed by atoms with Crippen molar-refractivity contribution in [2.45, 2.75) is 33.2 Å². The Balaban J connectivity index is 3.21. The Morgan fingerprint density at radius 2 is 1.82 bits per heavy atom. The first-order chi connectivity index (χ1) is 4.93. The zero-order chi connectivity index (χ0) is 8.65. The van der Waals surface area contributed by atoms with Crippen LogP contribution in [0.15, 0.2) is 0 Å². The van der Waals surface area contributed by atoms with E-state index >= 15 is 0 Å². The quantitative estimate of drug-likeness (QED) is 0.541. The molecule has 1 aromatic rings. The number of aryl methyl sites for hydroxylation is 1. The van der Waals surface area contributed by atoms with Gasteiger partial charge in [-0.25, -0.2) is 0 Å². The second-order valence-electron chi connectivity index (χ2n) is 3.61. The van der Waals surface area contributed by atoms with Crippen molar-refractivity contribution in [3.05, 3.63) is 5.82 Å². The molecule has 62 valence electrons. The predicted molar refractivity (Wildman–Crippen MR) is 49.1 cm³/mol. The number of nitrogens with zero attached hydrogens (tertiary/aromatic N) is 3. The van der Waals surface area contributed by atoms with Crippen molar-refractivity contribution in [3.8, 4) is 0 Å². The van der Waals surface area contributed by atoms with Gasteiger partial charge in [-0.1, -0.05) is 9.24 Å². The molecule has 0 spiro atoms. The first-order valence-electron chi connectivity index (χ1n) is 3.61. The molecule has 0 aliphatic carbocycles. The molecular formula is C7H14N3P. The molecule has 0 fully saturated rings. The Hall–Kier alpha value is -0.430. The van der Waals surface area contributed by atoms with Crippen LogP contribution in [0, 0.1) is 6.92 Å². The fourth-order valence-electron chi connectivity index (χ4n) is 1.21. The van der Waals surface area contributed by atoms with E-state index < -0.39 is 0 Å². The topological polar surface area (TPSA) is 30.7 Å². The van der Waals surface area contributed by atoms with Gasteiger partial charge in [-0.3, -0.25) is 0 Å². The van der Waals surface area contributed by atoms with Crippen LogP contribution in [-0.2, 0) is 5.54 Å². The third kappa shape index (κ3) is 1.59. The summed E-state index contributed by atoms with van der Waals surface area (Å²) in [6.45, 7) is 8.37. The van der Waals surface area contributed by atoms with E-state index in [0.717, 1.165) is 11.4 Å². The maximum absolute atomic E-state index is 3.97. The lowest BCUT2D eigenvalue weighted by molar-refractivity contribution is 0.396. The highest BCUT2D eigenvalue weighted by molar-refractivity contribution is 7.26. The molecule has 0 radical (unpaired) electrons. The fourth-order valence-corrected chi connectivity index (χ4v) is 1.84. The highest BCUT2D eigenvalue weighted by Crippen LogP contribution is 2.14. The van der Waals surface area contributed by atoms with Crippen LogP contribution in [0.25, 0.3) is 0 Å². The zero-order valence-electron chi connectivity index (χ0n) is 7.42. The molecule has 1 heterocycles. The summed E-state index contributed by atoms with van der Waals surface area (Å²) >= 11 is 0. The lowest BCUT2D eigenvalue weighted by Crippen LogP contribution is -2.30. The molecule has 1 unspecified atom stereocenters. The van der Waals surface area contributed by atoms with Gasteiger partial charge in [0.2, 0.25) is 0 Å². The van der Waals surface area contributed by atoms with Gasteiger partial charge in [0.25, 0.3) is 0 Å². The number of aromatic nitrogens is 3. The van der Waals surface area contributed by atoms with E-state index in [4.69, 9.17) is 0 Å². The standard InChI is InChI=1S/C7H14N3P/c1-5-8-9-6(11)10(5)7(2,3)4/h11H2,1-4H3. The predicted octanol–water partition coefficient (Wildman–Crippen LogP) is 0.842. The third-order valence-corrected chi connectivity index (χ3v) is 1.89. The van der Waals surface area contributed by atoms with E-state index in [9.17, 15) is 0 Å². The molecule has 0 saturated carbocycles. The number of hydrogen-bond donors (Lipinski definition) is 0. The smallest absolute Gasteiger partial charge is 0.149 e. The highest BCUT2D eigenvalue weighted by atomic mass is 31.0. The molecule has 1 rings (SSSR count). The SMILES string of the molecule is Cc1nnc(P)n1C(C)(C)C. The Morgan fingerprint density at radius 3 is 2.00 bits per heavy atom. The van der Waals surface area contributed by atoms with Gasteiger partial charge in [-0.15, -0.1) is 10.2 Å². The molecule has 0 aliphatic rings. The van der Waals surface area contributed by atoms with Crippen LogP contribution in [0.5, 0.6) is 0 Å². The zero-order valence-corrected chi connectivity index (χ0v) is 8.57. The third-order valence-electron chi connectivity index (χ3n) is 1.52. The average Bonchev–Trinajstić information content (AvgIpc) is 2.08. The Labute approximate surface area is 69.4 Å². The molecule has 0 aromatic carbocycles. The van der Waals surface area contributed by atoms with Crippen molar-refractivity contribution in [3.63, 3.8) is 0 Å². The summed E-state index contributed by atoms with van der Waals surface area (Å²) < 4.78 is 2.09. The van der Waals surface area contributed by atoms with Crippen molar-refractivity contribution in [1.82, 2.24) is 14.8 Å². The lowest BCUT2D eigenvalue weighted by Gasteiger charge is -2.22. The van der Waals surface area contributed by atoms with E-state index in [2.05, 4.69) is 44.8 Å². The van der Waals surface area contributed by atoms with Gasteiger partial charge < -0.3 is 4.57 Å². The van der Waals surface area contributed by atoms with Gasteiger partial charge >= 0.3 is 0 Å². The van der Waals surface area contributed by atoms with Crippen molar-refractivity contribution in [2.75, 3.05) is 0 Å². The average molecular weight is 171 g/mol. The normalized spacial score (nSPS) is 12.1. The summed E-state index contributed by atoms with van der Waals surface area (Å²) in [7, 11) is 2.58. The van der Waals surface area contributed by atoms with Gasteiger partial charge in [-0.05, 0) is 27.7 Å². The summed E-state index contributed by atoms with van der Waals surface area (Å²) in [5, 5.41) is 7.93. The van der Waals surface area contributed by atoms with E-state index in [1.165, 1.54) is 0 Å². The van der Waals surface area contributed by atoms with Crippen molar-refractivity contribution >= 4 is 14.8 Å². The van der Waals surface area contributed by atoms with Gasteiger partial charge in [0, 0.05) is 5.54 Å². The second-order valence-corrected chi connectivity index (χ2v) is 4.13. The van der Waals surface area contributed by atoms with Gasteiger partial charge in [0.1, 0.15) is 11.4 Å². The number of hydrogen-bond acceptors (Lipinski definition) is 2. The van der Waals surface area contributed by atoms with Crippen molar-refractivity contribution in [1.29, 1.82) is 0 Å². The van der Waals surface area contributed by atoms with Gasteiger partial charge in [0.05, 0.1) is 0 Å². The molecule has 0 N–H and O–H groups in total. The van der Waals surface area contributed by atoms with Crippen LogP contribution < -0.4 is 5.57 Å². The van der Waals surface area contributed by atoms with Gasteiger partial charge in [-0.2, -0.15) is 0 Å². The summed E-state index contributed by atoms with van der Waals surface area (Å²) in [6, 6.07) is 0. The first-order valence-corrected chi connectivity index (χ1v) is 4.18. The van der Waals surface area contributed by atoms with E-state index in [1.807, 2.05) is 6.92 Å². The minimum atomic E-state index is 0.0741. The summed E-state index contributed by atoms with van der Waals surface area (Å²) in [4.78, 5) is 0. The molecule has 0 aliphatic heterocycles. The molecule has 1 aromatic heterocycles.